The van der Waals surface area contributed by atoms with Crippen molar-refractivity contribution in [1.29, 1.82) is 0 Å². The van der Waals surface area contributed by atoms with Gasteiger partial charge in [0.1, 0.15) is 63.7 Å². The molecule has 0 atom stereocenters. The Balaban J connectivity index is 0.000000135. The summed E-state index contributed by atoms with van der Waals surface area (Å²) >= 11 is 0. The average Bonchev–Trinajstić information content (AvgIpc) is 3.51. The number of hydrogen-bond donors (Lipinski definition) is 0. The summed E-state index contributed by atoms with van der Waals surface area (Å²) in [5, 5.41) is 17.2. The Morgan fingerprint density at radius 1 is 0.104 bits per heavy atom. The van der Waals surface area contributed by atoms with Crippen LogP contribution in [0.25, 0.3) is 0 Å². The van der Waals surface area contributed by atoms with Crippen LogP contribution in [0, 0.1) is 0 Å². The van der Waals surface area contributed by atoms with Gasteiger partial charge >= 0.3 is 0 Å². The first-order chi connectivity index (χ1) is 37.8. The van der Waals surface area contributed by atoms with Crippen LogP contribution in [0.3, 0.4) is 0 Å². The van der Waals surface area contributed by atoms with Crippen molar-refractivity contribution in [2.45, 2.75) is 0 Å². The van der Waals surface area contributed by atoms with Gasteiger partial charge in [0.15, 0.2) is 0 Å². The molecule has 0 saturated heterocycles. The van der Waals surface area contributed by atoms with Crippen molar-refractivity contribution in [3.8, 4) is 0 Å². The van der Waals surface area contributed by atoms with Gasteiger partial charge in [0, 0.05) is 19.5 Å². The van der Waals surface area contributed by atoms with Gasteiger partial charge < -0.3 is 0 Å². The van der Waals surface area contributed by atoms with Gasteiger partial charge in [-0.1, -0.05) is 218 Å². The van der Waals surface area contributed by atoms with Crippen LogP contribution in [-0.4, -0.2) is 0 Å². The molecule has 0 amide bonds. The third-order valence-corrected chi connectivity index (χ3v) is 23.7. The van der Waals surface area contributed by atoms with E-state index in [-0.39, 0.29) is 19.5 Å². The molecule has 0 nitrogen and oxygen atoms in total. The predicted molar refractivity (Wildman–Crippen MR) is 346 cm³/mol. The first kappa shape index (κ1) is 56.2. The fourth-order valence-corrected chi connectivity index (χ4v) is 19.6. The Bertz CT molecular complexity index is 2580. The second-order valence-electron chi connectivity index (χ2n) is 17.9. The first-order valence-electron chi connectivity index (χ1n) is 25.9. The maximum Gasteiger partial charge on any atom is 0.102 e. The predicted octanol–water partition coefficient (Wildman–Crippen LogP) is 12.7. The van der Waals surface area contributed by atoms with Gasteiger partial charge in [-0.25, -0.2) is 0 Å². The monoisotopic (exact) mass is 1150 g/mol. The molecule has 0 fully saturated rings. The Hall–Kier alpha value is -7.02. The second-order valence-corrected chi connectivity index (χ2v) is 27.8. The summed E-state index contributed by atoms with van der Waals surface area (Å²) in [7, 11) is -3.51. The van der Waals surface area contributed by atoms with E-state index in [0.29, 0.717) is 0 Å². The molecule has 12 aromatic carbocycles. The van der Waals surface area contributed by atoms with Crippen molar-refractivity contribution in [2.75, 3.05) is 0 Å². The minimum absolute atomic E-state index is 0. The molecule has 0 aliphatic heterocycles. The van der Waals surface area contributed by atoms with Gasteiger partial charge in [-0.15, -0.1) is 0 Å². The van der Waals surface area contributed by atoms with Crippen LogP contribution in [0.2, 0.25) is 0 Å². The van der Waals surface area contributed by atoms with Gasteiger partial charge in [-0.3, -0.25) is 0 Å². The van der Waals surface area contributed by atoms with Crippen LogP contribution in [0.5, 0.6) is 0 Å². The molecule has 0 unspecified atom stereocenters. The van der Waals surface area contributed by atoms with Crippen molar-refractivity contribution >= 4 is 95.3 Å². The molecule has 0 bridgehead atoms. The zero-order valence-corrected chi connectivity index (χ0v) is 48.7. The molecule has 5 heteroatoms. The van der Waals surface area contributed by atoms with Gasteiger partial charge in [0.25, 0.3) is 0 Å². The normalized spacial score (nSPS) is 10.4. The van der Waals surface area contributed by atoms with Crippen molar-refractivity contribution in [3.05, 3.63) is 364 Å². The van der Waals surface area contributed by atoms with E-state index in [1.165, 1.54) is 63.7 Å². The molecule has 12 rings (SSSR count). The van der Waals surface area contributed by atoms with Gasteiger partial charge in [0.05, 0.1) is 31.7 Å². The van der Waals surface area contributed by atoms with Crippen molar-refractivity contribution in [1.82, 2.24) is 0 Å². The molecule has 376 valence electrons. The molecule has 0 saturated carbocycles. The Labute approximate surface area is 475 Å². The summed E-state index contributed by atoms with van der Waals surface area (Å²) in [5.74, 6) is 0. The largest absolute Gasteiger partial charge is 0.102 e. The maximum absolute atomic E-state index is 2.24. The Morgan fingerprint density at radius 2 is 0.169 bits per heavy atom. The summed E-state index contributed by atoms with van der Waals surface area (Å²) in [6, 6.07) is 130. The molecule has 0 heterocycles. The molecule has 0 aliphatic carbocycles. The SMILES string of the molecule is [Ru].c1ccc([PH+](c2ccccc2)c2ccccc2)cc1.c1ccc([PH+](c2ccccc2)c2ccccc2)cc1.c1ccc([PH+](c2ccccc2)c2ccccc2)cc1.c1ccc([PH+](c2ccccc2)c2ccccc2)cc1. The first-order valence-corrected chi connectivity index (χ1v) is 31.9. The van der Waals surface area contributed by atoms with Gasteiger partial charge in [0.2, 0.25) is 0 Å². The Kier molecular flexibility index (Phi) is 22.8. The zero-order chi connectivity index (χ0) is 51.7. The standard InChI is InChI=1S/4C18H15P.Ru/c4*1-4-10-16(11-5-1)19(17-12-6-2-7-13-17)18-14-8-3-9-15-18;/h4*1-15H;/p+4. The van der Waals surface area contributed by atoms with Crippen molar-refractivity contribution in [3.63, 3.8) is 0 Å². The van der Waals surface area contributed by atoms with Crippen LogP contribution < -0.4 is 63.7 Å². The van der Waals surface area contributed by atoms with Gasteiger partial charge in [-0.2, -0.15) is 0 Å². The smallest absolute Gasteiger partial charge is 0.0620 e. The van der Waals surface area contributed by atoms with E-state index < -0.39 is 31.7 Å². The topological polar surface area (TPSA) is 0 Å². The van der Waals surface area contributed by atoms with E-state index in [4.69, 9.17) is 0 Å². The number of rotatable bonds is 12. The second kappa shape index (κ2) is 31.3. The molecule has 0 N–H and O–H groups in total. The number of hydrogen-bond acceptors (Lipinski definition) is 0. The third-order valence-electron chi connectivity index (χ3n) is 12.7. The minimum atomic E-state index is -0.877. The van der Waals surface area contributed by atoms with Crippen LogP contribution in [0.4, 0.5) is 0 Å². The van der Waals surface area contributed by atoms with Crippen molar-refractivity contribution < 1.29 is 19.5 Å². The summed E-state index contributed by atoms with van der Waals surface area (Å²) in [6.45, 7) is 0. The van der Waals surface area contributed by atoms with Crippen LogP contribution in [0.1, 0.15) is 0 Å². The zero-order valence-electron chi connectivity index (χ0n) is 43.0. The van der Waals surface area contributed by atoms with Crippen LogP contribution in [-0.2, 0) is 19.5 Å². The average molecular weight is 1150 g/mol. The summed E-state index contributed by atoms with van der Waals surface area (Å²) in [4.78, 5) is 0. The van der Waals surface area contributed by atoms with E-state index >= 15 is 0 Å². The molecule has 0 aliphatic rings. The summed E-state index contributed by atoms with van der Waals surface area (Å²) < 4.78 is 0. The molecule has 77 heavy (non-hydrogen) atoms. The van der Waals surface area contributed by atoms with Crippen molar-refractivity contribution in [2.24, 2.45) is 0 Å². The fraction of sp³-hybridized carbons (Fsp3) is 0. The molecule has 0 spiro atoms. The van der Waals surface area contributed by atoms with E-state index in [2.05, 4.69) is 364 Å². The minimum Gasteiger partial charge on any atom is -0.0620 e. The molecular formula is C72H64P4Ru+4. The van der Waals surface area contributed by atoms with E-state index in [1.807, 2.05) is 0 Å². The summed E-state index contributed by atoms with van der Waals surface area (Å²) in [5.41, 5.74) is 0. The fourth-order valence-electron chi connectivity index (χ4n) is 9.26. The van der Waals surface area contributed by atoms with E-state index in [9.17, 15) is 0 Å². The molecule has 12 aromatic rings. The van der Waals surface area contributed by atoms with E-state index in [1.54, 1.807) is 0 Å². The molecule has 0 aromatic heterocycles. The van der Waals surface area contributed by atoms with Crippen LogP contribution in [0.15, 0.2) is 364 Å². The molecular weight excluding hydrogens is 1090 g/mol. The van der Waals surface area contributed by atoms with E-state index in [0.717, 1.165) is 0 Å². The quantitative estimate of drug-likeness (QED) is 0.0845. The van der Waals surface area contributed by atoms with Crippen LogP contribution >= 0.6 is 31.7 Å². The maximum atomic E-state index is 2.24. The molecule has 0 radical (unpaired) electrons. The third kappa shape index (κ3) is 16.5. The van der Waals surface area contributed by atoms with Gasteiger partial charge in [-0.05, 0) is 146 Å². The summed E-state index contributed by atoms with van der Waals surface area (Å²) in [6.07, 6.45) is 0. The number of benzene rings is 12. The Morgan fingerprint density at radius 3 is 0.234 bits per heavy atom.